The molecular formula is C34H56O6. The number of carbonyl (C=O) groups excluding carboxylic acids is 4. The minimum atomic E-state index is -0.156. The molecule has 0 spiro atoms. The van der Waals surface area contributed by atoms with E-state index in [2.05, 4.69) is 27.7 Å². The van der Waals surface area contributed by atoms with E-state index in [4.69, 9.17) is 9.47 Å². The Labute approximate surface area is 243 Å². The van der Waals surface area contributed by atoms with Crippen molar-refractivity contribution in [2.75, 3.05) is 0 Å². The van der Waals surface area contributed by atoms with E-state index in [9.17, 15) is 19.2 Å². The van der Waals surface area contributed by atoms with Crippen LogP contribution in [0.3, 0.4) is 0 Å². The van der Waals surface area contributed by atoms with Gasteiger partial charge < -0.3 is 9.47 Å². The molecule has 0 saturated heterocycles. The lowest BCUT2D eigenvalue weighted by molar-refractivity contribution is -0.149. The van der Waals surface area contributed by atoms with Crippen LogP contribution in [0.25, 0.3) is 0 Å². The normalized spacial score (nSPS) is 35.9. The molecule has 4 rings (SSSR count). The molecule has 0 radical (unpaired) electrons. The standard InChI is InChI=1S/2C17H28O3/c2*1-11-7-8-14(10-16(11)19)12(2)9-15-5-4-6-17(15)20-13(3)18/h2*11-12,14-15,17H,4-10H2,1-3H3/t11-,12+,14-,15-,17-;11-,12-,14-,15+,17+/m01/s1. The zero-order valence-electron chi connectivity index (χ0n) is 26.1. The third kappa shape index (κ3) is 9.69. The van der Waals surface area contributed by atoms with E-state index in [0.717, 1.165) is 64.2 Å². The molecule has 40 heavy (non-hydrogen) atoms. The lowest BCUT2D eigenvalue weighted by Gasteiger charge is -2.32. The largest absolute Gasteiger partial charge is 0.462 e. The number of Topliss-reactive ketones (excluding diaryl/α,β-unsaturated/α-hetero) is 2. The molecule has 4 aliphatic rings. The third-order valence-corrected chi connectivity index (χ3v) is 10.7. The fraction of sp³-hybridized carbons (Fsp3) is 0.882. The topological polar surface area (TPSA) is 86.7 Å². The SMILES string of the molecule is CC(=O)O[C@H]1CCC[C@H]1C[C@@H](C)[C@@H]1CC[C@@H](C)C(=O)C1.CC(=O)O[C@H]1CCC[C@H]1C[C@@H](C)[C@H]1CC[C@H](C)C(=O)C1. The number of rotatable bonds is 8. The number of carbonyl (C=O) groups is 4. The van der Waals surface area contributed by atoms with Gasteiger partial charge >= 0.3 is 11.9 Å². The van der Waals surface area contributed by atoms with Crippen molar-refractivity contribution < 1.29 is 28.7 Å². The zero-order chi connectivity index (χ0) is 29.4. The molecule has 4 saturated carbocycles. The quantitative estimate of drug-likeness (QED) is 0.286. The van der Waals surface area contributed by atoms with Crippen LogP contribution in [0.2, 0.25) is 0 Å². The van der Waals surface area contributed by atoms with Gasteiger partial charge in [-0.2, -0.15) is 0 Å². The summed E-state index contributed by atoms with van der Waals surface area (Å²) in [5, 5.41) is 0. The molecule has 0 aromatic heterocycles. The predicted octanol–water partition coefficient (Wildman–Crippen LogP) is 7.50. The second-order valence-corrected chi connectivity index (χ2v) is 13.9. The molecule has 0 aromatic rings. The van der Waals surface area contributed by atoms with Gasteiger partial charge in [-0.15, -0.1) is 0 Å². The van der Waals surface area contributed by atoms with Gasteiger partial charge in [0.05, 0.1) is 0 Å². The van der Waals surface area contributed by atoms with E-state index < -0.39 is 0 Å². The van der Waals surface area contributed by atoms with Gasteiger partial charge in [0.15, 0.2) is 0 Å². The molecule has 0 unspecified atom stereocenters. The molecule has 0 amide bonds. The fourth-order valence-electron chi connectivity index (χ4n) is 7.97. The van der Waals surface area contributed by atoms with Crippen molar-refractivity contribution in [3.63, 3.8) is 0 Å². The van der Waals surface area contributed by atoms with Crippen LogP contribution in [-0.4, -0.2) is 35.7 Å². The first kappa shape index (κ1) is 32.8. The molecule has 0 aromatic carbocycles. The smallest absolute Gasteiger partial charge is 0.302 e. The fourth-order valence-corrected chi connectivity index (χ4v) is 7.97. The number of hydrogen-bond acceptors (Lipinski definition) is 6. The number of esters is 2. The molecule has 0 heterocycles. The monoisotopic (exact) mass is 560 g/mol. The molecule has 6 nitrogen and oxygen atoms in total. The molecule has 228 valence electrons. The van der Waals surface area contributed by atoms with E-state index in [1.54, 1.807) is 0 Å². The molecular weight excluding hydrogens is 504 g/mol. The highest BCUT2D eigenvalue weighted by Crippen LogP contribution is 2.40. The van der Waals surface area contributed by atoms with E-state index in [0.29, 0.717) is 47.1 Å². The van der Waals surface area contributed by atoms with Crippen molar-refractivity contribution in [3.05, 3.63) is 0 Å². The molecule has 10 atom stereocenters. The van der Waals surface area contributed by atoms with Crippen LogP contribution in [0.15, 0.2) is 0 Å². The van der Waals surface area contributed by atoms with Gasteiger partial charge in [0.2, 0.25) is 0 Å². The van der Waals surface area contributed by atoms with Gasteiger partial charge in [0.25, 0.3) is 0 Å². The molecule has 0 bridgehead atoms. The Morgan fingerprint density at radius 1 is 0.650 bits per heavy atom. The van der Waals surface area contributed by atoms with Crippen molar-refractivity contribution in [2.24, 2.45) is 47.3 Å². The summed E-state index contributed by atoms with van der Waals surface area (Å²) in [6.07, 6.45) is 15.1. The van der Waals surface area contributed by atoms with Gasteiger partial charge in [-0.3, -0.25) is 19.2 Å². The maximum atomic E-state index is 11.9. The molecule has 4 aliphatic carbocycles. The van der Waals surface area contributed by atoms with E-state index in [-0.39, 0.29) is 36.0 Å². The number of hydrogen-bond donors (Lipinski definition) is 0. The summed E-state index contributed by atoms with van der Waals surface area (Å²) in [5.74, 6) is 4.30. The van der Waals surface area contributed by atoms with Gasteiger partial charge in [0.1, 0.15) is 23.8 Å². The summed E-state index contributed by atoms with van der Waals surface area (Å²) in [6, 6.07) is 0. The average molecular weight is 561 g/mol. The molecule has 6 heteroatoms. The molecule has 4 fully saturated rings. The average Bonchev–Trinajstić information content (AvgIpc) is 3.51. The first-order valence-electron chi connectivity index (χ1n) is 16.3. The number of ketones is 2. The van der Waals surface area contributed by atoms with Crippen molar-refractivity contribution in [3.8, 4) is 0 Å². The van der Waals surface area contributed by atoms with Crippen LogP contribution in [-0.2, 0) is 28.7 Å². The number of ether oxygens (including phenoxy) is 2. The van der Waals surface area contributed by atoms with Crippen LogP contribution in [0.4, 0.5) is 0 Å². The summed E-state index contributed by atoms with van der Waals surface area (Å²) in [4.78, 5) is 46.1. The van der Waals surface area contributed by atoms with Crippen LogP contribution < -0.4 is 0 Å². The third-order valence-electron chi connectivity index (χ3n) is 10.7. The van der Waals surface area contributed by atoms with Crippen molar-refractivity contribution >= 4 is 23.5 Å². The van der Waals surface area contributed by atoms with Gasteiger partial charge in [0, 0.05) is 38.5 Å². The lowest BCUT2D eigenvalue weighted by Crippen LogP contribution is -2.29. The van der Waals surface area contributed by atoms with Crippen LogP contribution in [0.5, 0.6) is 0 Å². The lowest BCUT2D eigenvalue weighted by atomic mass is 9.73. The van der Waals surface area contributed by atoms with Crippen LogP contribution in [0, 0.1) is 47.3 Å². The second-order valence-electron chi connectivity index (χ2n) is 13.9. The van der Waals surface area contributed by atoms with Crippen LogP contribution in [0.1, 0.15) is 131 Å². The Kier molecular flexibility index (Phi) is 12.7. The Morgan fingerprint density at radius 3 is 1.35 bits per heavy atom. The maximum absolute atomic E-state index is 11.9. The summed E-state index contributed by atoms with van der Waals surface area (Å²) >= 11 is 0. The van der Waals surface area contributed by atoms with E-state index >= 15 is 0 Å². The highest BCUT2D eigenvalue weighted by Gasteiger charge is 2.36. The predicted molar refractivity (Wildman–Crippen MR) is 156 cm³/mol. The Balaban J connectivity index is 0.000000220. The molecule has 0 aliphatic heterocycles. The van der Waals surface area contributed by atoms with Crippen molar-refractivity contribution in [1.82, 2.24) is 0 Å². The maximum Gasteiger partial charge on any atom is 0.302 e. The highest BCUT2D eigenvalue weighted by atomic mass is 16.5. The van der Waals surface area contributed by atoms with Crippen LogP contribution >= 0.6 is 0 Å². The summed E-state index contributed by atoms with van der Waals surface area (Å²) in [7, 11) is 0. The second kappa shape index (κ2) is 15.5. The van der Waals surface area contributed by atoms with Crippen molar-refractivity contribution in [2.45, 2.75) is 144 Å². The van der Waals surface area contributed by atoms with E-state index in [1.165, 1.54) is 39.5 Å². The minimum Gasteiger partial charge on any atom is -0.462 e. The van der Waals surface area contributed by atoms with Gasteiger partial charge in [-0.1, -0.05) is 27.7 Å². The molecule has 0 N–H and O–H groups in total. The minimum absolute atomic E-state index is 0.119. The zero-order valence-corrected chi connectivity index (χ0v) is 26.1. The first-order valence-corrected chi connectivity index (χ1v) is 16.3. The summed E-state index contributed by atoms with van der Waals surface area (Å²) in [6.45, 7) is 11.7. The summed E-state index contributed by atoms with van der Waals surface area (Å²) < 4.78 is 10.9. The highest BCUT2D eigenvalue weighted by molar-refractivity contribution is 5.82. The van der Waals surface area contributed by atoms with Gasteiger partial charge in [-0.05, 0) is 113 Å². The Hall–Kier alpha value is -1.72. The first-order chi connectivity index (χ1) is 18.9. The van der Waals surface area contributed by atoms with Gasteiger partial charge in [-0.25, -0.2) is 0 Å². The summed E-state index contributed by atoms with van der Waals surface area (Å²) in [5.41, 5.74) is 0. The Bertz CT molecular complexity index is 796. The Morgan fingerprint density at radius 2 is 1.02 bits per heavy atom. The van der Waals surface area contributed by atoms with Crippen molar-refractivity contribution in [1.29, 1.82) is 0 Å². The van der Waals surface area contributed by atoms with E-state index in [1.807, 2.05) is 0 Å².